The molecule has 1 aliphatic rings. The van der Waals surface area contributed by atoms with Crippen molar-refractivity contribution in [3.05, 3.63) is 70.1 Å². The number of amidine groups is 1. The van der Waals surface area contributed by atoms with E-state index in [0.717, 1.165) is 16.9 Å². The van der Waals surface area contributed by atoms with E-state index >= 15 is 0 Å². The quantitative estimate of drug-likeness (QED) is 0.778. The summed E-state index contributed by atoms with van der Waals surface area (Å²) in [4.78, 5) is 18.7. The van der Waals surface area contributed by atoms with Gasteiger partial charge in [0.15, 0.2) is 5.17 Å². The normalized spacial score (nSPS) is 17.6. The Morgan fingerprint density at radius 1 is 1.16 bits per heavy atom. The lowest BCUT2D eigenvalue weighted by Gasteiger charge is -2.10. The Labute approximate surface area is 152 Å². The number of amides is 1. The second kappa shape index (κ2) is 7.57. The van der Waals surface area contributed by atoms with E-state index in [-0.39, 0.29) is 5.91 Å². The van der Waals surface area contributed by atoms with Gasteiger partial charge in [-0.15, -0.1) is 0 Å². The molecule has 1 fully saturated rings. The fraction of sp³-hybridized carbons (Fsp3) is 0.200. The van der Waals surface area contributed by atoms with E-state index in [1.165, 1.54) is 17.3 Å². The van der Waals surface area contributed by atoms with Gasteiger partial charge in [-0.1, -0.05) is 48.0 Å². The highest BCUT2D eigenvalue weighted by atomic mass is 32.2. The number of thioether (sulfide) groups is 1. The van der Waals surface area contributed by atoms with Gasteiger partial charge in [0, 0.05) is 19.7 Å². The van der Waals surface area contributed by atoms with E-state index in [1.54, 1.807) is 19.0 Å². The number of nitrogens with zero attached hydrogens (tertiary/aromatic N) is 2. The van der Waals surface area contributed by atoms with Gasteiger partial charge in [0.2, 0.25) is 0 Å². The maximum atomic E-state index is 12.3. The van der Waals surface area contributed by atoms with Crippen molar-refractivity contribution in [2.24, 2.45) is 4.99 Å². The number of benzene rings is 2. The predicted molar refractivity (Wildman–Crippen MR) is 104 cm³/mol. The number of ether oxygens (including phenoxy) is 1. The average Bonchev–Trinajstić information content (AvgIpc) is 2.90. The molecule has 128 valence electrons. The number of aryl methyl sites for hydroxylation is 1. The third kappa shape index (κ3) is 3.94. The molecule has 3 rings (SSSR count). The minimum atomic E-state index is -0.0427. The molecule has 5 heteroatoms. The molecule has 2 aromatic carbocycles. The van der Waals surface area contributed by atoms with Gasteiger partial charge in [0.1, 0.15) is 12.4 Å². The van der Waals surface area contributed by atoms with Crippen LogP contribution in [-0.2, 0) is 11.4 Å². The molecule has 1 aliphatic heterocycles. The lowest BCUT2D eigenvalue weighted by atomic mass is 10.1. The monoisotopic (exact) mass is 352 g/mol. The van der Waals surface area contributed by atoms with E-state index in [4.69, 9.17) is 4.74 Å². The molecular formula is C20H20N2O2S. The van der Waals surface area contributed by atoms with E-state index in [2.05, 4.69) is 36.2 Å². The van der Waals surface area contributed by atoms with Crippen LogP contribution in [0.3, 0.4) is 0 Å². The van der Waals surface area contributed by atoms with Gasteiger partial charge in [-0.3, -0.25) is 14.7 Å². The van der Waals surface area contributed by atoms with Gasteiger partial charge in [0.25, 0.3) is 5.91 Å². The highest BCUT2D eigenvalue weighted by Crippen LogP contribution is 2.33. The first-order valence-electron chi connectivity index (χ1n) is 8.00. The van der Waals surface area contributed by atoms with Crippen molar-refractivity contribution in [2.45, 2.75) is 13.5 Å². The van der Waals surface area contributed by atoms with Crippen LogP contribution < -0.4 is 4.74 Å². The molecule has 0 atom stereocenters. The minimum absolute atomic E-state index is 0.0427. The molecule has 0 aromatic heterocycles. The van der Waals surface area contributed by atoms with Gasteiger partial charge in [-0.2, -0.15) is 0 Å². The molecule has 4 nitrogen and oxygen atoms in total. The number of carbonyl (C=O) groups excluding carboxylic acids is 1. The molecule has 0 spiro atoms. The van der Waals surface area contributed by atoms with E-state index < -0.39 is 0 Å². The van der Waals surface area contributed by atoms with Crippen LogP contribution in [0.2, 0.25) is 0 Å². The summed E-state index contributed by atoms with van der Waals surface area (Å²) in [5.41, 5.74) is 3.22. The molecule has 25 heavy (non-hydrogen) atoms. The molecule has 0 unspecified atom stereocenters. The van der Waals surface area contributed by atoms with E-state index in [1.807, 2.05) is 30.3 Å². The second-order valence-corrected chi connectivity index (χ2v) is 6.80. The molecular weight excluding hydrogens is 332 g/mol. The Balaban J connectivity index is 1.80. The van der Waals surface area contributed by atoms with Crippen LogP contribution in [0.4, 0.5) is 0 Å². The third-order valence-corrected chi connectivity index (χ3v) is 5.07. The summed E-state index contributed by atoms with van der Waals surface area (Å²) in [6.07, 6.45) is 1.87. The predicted octanol–water partition coefficient (Wildman–Crippen LogP) is 4.11. The molecule has 1 saturated heterocycles. The lowest BCUT2D eigenvalue weighted by Crippen LogP contribution is -2.23. The zero-order valence-corrected chi connectivity index (χ0v) is 15.3. The minimum Gasteiger partial charge on any atom is -0.488 e. The van der Waals surface area contributed by atoms with Crippen molar-refractivity contribution in [3.63, 3.8) is 0 Å². The van der Waals surface area contributed by atoms with Gasteiger partial charge < -0.3 is 4.74 Å². The summed E-state index contributed by atoms with van der Waals surface area (Å²) in [6, 6.07) is 16.0. The Bertz CT molecular complexity index is 841. The van der Waals surface area contributed by atoms with Gasteiger partial charge >= 0.3 is 0 Å². The van der Waals surface area contributed by atoms with E-state index in [9.17, 15) is 4.79 Å². The van der Waals surface area contributed by atoms with Crippen molar-refractivity contribution in [1.82, 2.24) is 4.90 Å². The first-order chi connectivity index (χ1) is 12.1. The van der Waals surface area contributed by atoms with E-state index in [0.29, 0.717) is 16.7 Å². The summed E-state index contributed by atoms with van der Waals surface area (Å²) < 4.78 is 5.98. The number of aliphatic imine (C=N–C) groups is 1. The van der Waals surface area contributed by atoms with Crippen molar-refractivity contribution >= 4 is 28.9 Å². The summed E-state index contributed by atoms with van der Waals surface area (Å²) in [6.45, 7) is 2.55. The number of hydrogen-bond donors (Lipinski definition) is 0. The summed E-state index contributed by atoms with van der Waals surface area (Å²) in [5, 5.41) is 0.703. The van der Waals surface area contributed by atoms with Crippen LogP contribution in [0.5, 0.6) is 5.75 Å². The zero-order chi connectivity index (χ0) is 17.8. The van der Waals surface area contributed by atoms with Crippen LogP contribution in [0, 0.1) is 6.92 Å². The van der Waals surface area contributed by atoms with Gasteiger partial charge in [-0.25, -0.2) is 0 Å². The van der Waals surface area contributed by atoms with Crippen molar-refractivity contribution < 1.29 is 9.53 Å². The van der Waals surface area contributed by atoms with Crippen molar-refractivity contribution in [2.75, 3.05) is 14.1 Å². The Morgan fingerprint density at radius 2 is 1.88 bits per heavy atom. The van der Waals surface area contributed by atoms with Crippen molar-refractivity contribution in [1.29, 1.82) is 0 Å². The Morgan fingerprint density at radius 3 is 2.56 bits per heavy atom. The van der Waals surface area contributed by atoms with Crippen LogP contribution in [0.25, 0.3) is 6.08 Å². The smallest absolute Gasteiger partial charge is 0.266 e. The topological polar surface area (TPSA) is 41.9 Å². The van der Waals surface area contributed by atoms with Crippen LogP contribution in [0.1, 0.15) is 16.7 Å². The maximum absolute atomic E-state index is 12.3. The second-order valence-electron chi connectivity index (χ2n) is 5.79. The lowest BCUT2D eigenvalue weighted by molar-refractivity contribution is -0.121. The zero-order valence-electron chi connectivity index (χ0n) is 14.5. The highest BCUT2D eigenvalue weighted by Gasteiger charge is 2.29. The molecule has 0 saturated carbocycles. The molecule has 2 aromatic rings. The molecule has 1 heterocycles. The molecule has 0 radical (unpaired) electrons. The fourth-order valence-corrected chi connectivity index (χ4v) is 3.39. The third-order valence-electron chi connectivity index (χ3n) is 3.92. The maximum Gasteiger partial charge on any atom is 0.266 e. The largest absolute Gasteiger partial charge is 0.488 e. The fourth-order valence-electron chi connectivity index (χ4n) is 2.47. The SMILES string of the molecule is CN=C1S/C(=C/c2ccccc2OCc2ccc(C)cc2)C(=O)N1C. The van der Waals surface area contributed by atoms with Crippen LogP contribution in [-0.4, -0.2) is 30.1 Å². The molecule has 1 amide bonds. The standard InChI is InChI=1S/C20H20N2O2S/c1-14-8-10-15(11-9-14)13-24-17-7-5-4-6-16(17)12-18-19(23)22(3)20(21-2)25-18/h4-12H,13H2,1-3H3/b18-12+,21-20?. The number of para-hydroxylation sites is 1. The Hall–Kier alpha value is -2.53. The van der Waals surface area contributed by atoms with Gasteiger partial charge in [-0.05, 0) is 36.4 Å². The first kappa shape index (κ1) is 17.3. The van der Waals surface area contributed by atoms with Crippen molar-refractivity contribution in [3.8, 4) is 5.75 Å². The summed E-state index contributed by atoms with van der Waals surface area (Å²) >= 11 is 1.38. The Kier molecular flexibility index (Phi) is 5.24. The number of carbonyl (C=O) groups is 1. The average molecular weight is 352 g/mol. The van der Waals surface area contributed by atoms with Gasteiger partial charge in [0.05, 0.1) is 4.91 Å². The molecule has 0 bridgehead atoms. The highest BCUT2D eigenvalue weighted by molar-refractivity contribution is 8.18. The van der Waals surface area contributed by atoms with Crippen LogP contribution >= 0.6 is 11.8 Å². The van der Waals surface area contributed by atoms with Crippen LogP contribution in [0.15, 0.2) is 58.4 Å². The summed E-state index contributed by atoms with van der Waals surface area (Å²) in [5.74, 6) is 0.715. The number of hydrogen-bond acceptors (Lipinski definition) is 4. The summed E-state index contributed by atoms with van der Waals surface area (Å²) in [7, 11) is 3.42. The number of rotatable bonds is 4. The first-order valence-corrected chi connectivity index (χ1v) is 8.82. The molecule has 0 N–H and O–H groups in total. The molecule has 0 aliphatic carbocycles. The number of likely N-dealkylation sites (N-methyl/N-ethyl adjacent to an activating group) is 1.